The molecule has 0 saturated heterocycles. The molecule has 2 nitrogen and oxygen atoms in total. The van der Waals surface area contributed by atoms with Gasteiger partial charge in [-0.25, -0.2) is 0 Å². The molecular weight excluding hydrogens is 278 g/mol. The lowest BCUT2D eigenvalue weighted by atomic mass is 10.1. The summed E-state index contributed by atoms with van der Waals surface area (Å²) in [6.45, 7) is 0. The van der Waals surface area contributed by atoms with Crippen LogP contribution in [0.2, 0.25) is 0 Å². The van der Waals surface area contributed by atoms with Crippen LogP contribution < -0.4 is 0 Å². The van der Waals surface area contributed by atoms with Crippen molar-refractivity contribution >= 4 is 22.2 Å². The van der Waals surface area contributed by atoms with Gasteiger partial charge < -0.3 is 4.79 Å². The van der Waals surface area contributed by atoms with Crippen molar-refractivity contribution in [1.82, 2.24) is 4.98 Å². The van der Waals surface area contributed by atoms with Gasteiger partial charge in [-0.15, -0.1) is 0 Å². The van der Waals surface area contributed by atoms with E-state index in [1.807, 2.05) is 42.6 Å². The maximum absolute atomic E-state index is 10.3. The van der Waals surface area contributed by atoms with Crippen molar-refractivity contribution in [3.8, 4) is 11.3 Å². The van der Waals surface area contributed by atoms with Crippen LogP contribution in [-0.2, 0) is 11.2 Å². The van der Waals surface area contributed by atoms with E-state index in [0.717, 1.165) is 34.0 Å². The van der Waals surface area contributed by atoms with E-state index in [-0.39, 0.29) is 0 Å². The summed E-state index contributed by atoms with van der Waals surface area (Å²) >= 11 is 3.40. The molecule has 0 unspecified atom stereocenters. The minimum Gasteiger partial charge on any atom is -0.303 e. The van der Waals surface area contributed by atoms with Crippen LogP contribution in [0.15, 0.2) is 47.1 Å². The van der Waals surface area contributed by atoms with Crippen molar-refractivity contribution in [3.63, 3.8) is 0 Å². The number of aldehydes is 1. The Balaban J connectivity index is 2.17. The second-order valence-corrected chi connectivity index (χ2v) is 4.68. The SMILES string of the molecule is O=CCCc1ccc(-c2ccc(Br)cc2)nc1. The first kappa shape index (κ1) is 12.0. The van der Waals surface area contributed by atoms with Gasteiger partial charge in [0.1, 0.15) is 6.29 Å². The number of hydrogen-bond donors (Lipinski definition) is 0. The lowest BCUT2D eigenvalue weighted by Gasteiger charge is -2.02. The van der Waals surface area contributed by atoms with Gasteiger partial charge in [0.15, 0.2) is 0 Å². The molecule has 1 aromatic carbocycles. The Morgan fingerprint density at radius 2 is 1.88 bits per heavy atom. The number of pyridine rings is 1. The molecule has 0 aliphatic carbocycles. The third kappa shape index (κ3) is 3.24. The fourth-order valence-corrected chi connectivity index (χ4v) is 1.85. The van der Waals surface area contributed by atoms with Crippen molar-refractivity contribution in [2.24, 2.45) is 0 Å². The predicted octanol–water partition coefficient (Wildman–Crippen LogP) is 3.64. The summed E-state index contributed by atoms with van der Waals surface area (Å²) in [4.78, 5) is 14.7. The minimum atomic E-state index is 0.555. The number of carbonyl (C=O) groups excluding carboxylic acids is 1. The van der Waals surface area contributed by atoms with Gasteiger partial charge in [0.25, 0.3) is 0 Å². The standard InChI is InChI=1S/C14H12BrNO/c15-13-6-4-12(5-7-13)14-8-3-11(10-16-14)2-1-9-17/h3-10H,1-2H2. The molecule has 2 rings (SSSR count). The van der Waals surface area contributed by atoms with Gasteiger partial charge in [-0.3, -0.25) is 4.98 Å². The molecule has 86 valence electrons. The Morgan fingerprint density at radius 1 is 1.12 bits per heavy atom. The molecule has 0 bridgehead atoms. The lowest BCUT2D eigenvalue weighted by Crippen LogP contribution is -1.89. The summed E-state index contributed by atoms with van der Waals surface area (Å²) in [6.07, 6.45) is 4.08. The van der Waals surface area contributed by atoms with Crippen LogP contribution in [0.5, 0.6) is 0 Å². The number of halogens is 1. The van der Waals surface area contributed by atoms with Gasteiger partial charge in [0, 0.05) is 22.7 Å². The number of nitrogens with zero attached hydrogens (tertiary/aromatic N) is 1. The second kappa shape index (κ2) is 5.73. The summed E-state index contributed by atoms with van der Waals surface area (Å²) in [5.74, 6) is 0. The molecule has 1 aromatic heterocycles. The first-order chi connectivity index (χ1) is 8.29. The number of aryl methyl sites for hydroxylation is 1. The molecule has 3 heteroatoms. The van der Waals surface area contributed by atoms with E-state index in [1.165, 1.54) is 0 Å². The Morgan fingerprint density at radius 3 is 2.47 bits per heavy atom. The lowest BCUT2D eigenvalue weighted by molar-refractivity contribution is -0.107. The van der Waals surface area contributed by atoms with Crippen molar-refractivity contribution in [2.75, 3.05) is 0 Å². The van der Waals surface area contributed by atoms with Crippen molar-refractivity contribution in [1.29, 1.82) is 0 Å². The zero-order valence-electron chi connectivity index (χ0n) is 9.27. The Bertz CT molecular complexity index is 491. The van der Waals surface area contributed by atoms with Crippen LogP contribution in [0.4, 0.5) is 0 Å². The second-order valence-electron chi connectivity index (χ2n) is 3.76. The van der Waals surface area contributed by atoms with Crippen molar-refractivity contribution < 1.29 is 4.79 Å². The zero-order valence-corrected chi connectivity index (χ0v) is 10.9. The average Bonchev–Trinajstić information content (AvgIpc) is 2.38. The first-order valence-electron chi connectivity index (χ1n) is 5.44. The minimum absolute atomic E-state index is 0.555. The number of carbonyl (C=O) groups is 1. The highest BCUT2D eigenvalue weighted by molar-refractivity contribution is 9.10. The number of aromatic nitrogens is 1. The van der Waals surface area contributed by atoms with Crippen LogP contribution in [0.3, 0.4) is 0 Å². The largest absolute Gasteiger partial charge is 0.303 e. The Labute approximate surface area is 109 Å². The van der Waals surface area contributed by atoms with Crippen molar-refractivity contribution in [3.05, 3.63) is 52.6 Å². The highest BCUT2D eigenvalue weighted by Crippen LogP contribution is 2.20. The summed E-state index contributed by atoms with van der Waals surface area (Å²) in [5, 5.41) is 0. The number of benzene rings is 1. The summed E-state index contributed by atoms with van der Waals surface area (Å²) in [6, 6.07) is 12.1. The van der Waals surface area contributed by atoms with Crippen molar-refractivity contribution in [2.45, 2.75) is 12.8 Å². The fourth-order valence-electron chi connectivity index (χ4n) is 1.59. The van der Waals surface area contributed by atoms with Gasteiger partial charge >= 0.3 is 0 Å². The molecule has 17 heavy (non-hydrogen) atoms. The Hall–Kier alpha value is -1.48. The Kier molecular flexibility index (Phi) is 4.04. The normalized spacial score (nSPS) is 10.2. The molecule has 0 aliphatic heterocycles. The average molecular weight is 290 g/mol. The zero-order chi connectivity index (χ0) is 12.1. The molecule has 0 aliphatic rings. The van der Waals surface area contributed by atoms with Crippen LogP contribution in [0.1, 0.15) is 12.0 Å². The first-order valence-corrected chi connectivity index (χ1v) is 6.23. The maximum Gasteiger partial charge on any atom is 0.120 e. The van der Waals surface area contributed by atoms with E-state index in [0.29, 0.717) is 6.42 Å². The molecule has 0 spiro atoms. The van der Waals surface area contributed by atoms with Gasteiger partial charge in [-0.2, -0.15) is 0 Å². The molecule has 0 fully saturated rings. The quantitative estimate of drug-likeness (QED) is 0.805. The molecule has 0 radical (unpaired) electrons. The van der Waals surface area contributed by atoms with Crippen LogP contribution in [0.25, 0.3) is 11.3 Å². The molecule has 0 amide bonds. The molecule has 0 N–H and O–H groups in total. The van der Waals surface area contributed by atoms with E-state index in [2.05, 4.69) is 20.9 Å². The number of hydrogen-bond acceptors (Lipinski definition) is 2. The van der Waals surface area contributed by atoms with Crippen LogP contribution in [-0.4, -0.2) is 11.3 Å². The maximum atomic E-state index is 10.3. The van der Waals surface area contributed by atoms with Gasteiger partial charge in [-0.1, -0.05) is 34.1 Å². The molecule has 1 heterocycles. The van der Waals surface area contributed by atoms with E-state index in [9.17, 15) is 4.79 Å². The third-order valence-electron chi connectivity index (χ3n) is 2.52. The van der Waals surface area contributed by atoms with E-state index in [4.69, 9.17) is 0 Å². The monoisotopic (exact) mass is 289 g/mol. The summed E-state index contributed by atoms with van der Waals surface area (Å²) < 4.78 is 1.06. The fraction of sp³-hybridized carbons (Fsp3) is 0.143. The third-order valence-corrected chi connectivity index (χ3v) is 3.04. The van der Waals surface area contributed by atoms with Crippen LogP contribution >= 0.6 is 15.9 Å². The van der Waals surface area contributed by atoms with Gasteiger partial charge in [0.05, 0.1) is 5.69 Å². The smallest absolute Gasteiger partial charge is 0.120 e. The van der Waals surface area contributed by atoms with Gasteiger partial charge in [-0.05, 0) is 30.2 Å². The summed E-state index contributed by atoms with van der Waals surface area (Å²) in [7, 11) is 0. The highest BCUT2D eigenvalue weighted by atomic mass is 79.9. The number of rotatable bonds is 4. The molecule has 0 atom stereocenters. The summed E-state index contributed by atoms with van der Waals surface area (Å²) in [5.41, 5.74) is 3.14. The topological polar surface area (TPSA) is 30.0 Å². The van der Waals surface area contributed by atoms with Crippen LogP contribution in [0, 0.1) is 0 Å². The predicted molar refractivity (Wildman–Crippen MR) is 71.8 cm³/mol. The molecular formula is C14H12BrNO. The van der Waals surface area contributed by atoms with Gasteiger partial charge in [0.2, 0.25) is 0 Å². The van der Waals surface area contributed by atoms with E-state index in [1.54, 1.807) is 0 Å². The molecule has 2 aromatic rings. The highest BCUT2D eigenvalue weighted by Gasteiger charge is 1.99. The van der Waals surface area contributed by atoms with E-state index < -0.39 is 0 Å². The molecule has 0 saturated carbocycles. The van der Waals surface area contributed by atoms with E-state index >= 15 is 0 Å².